The maximum Gasteiger partial charge on any atom is 0.230 e. The SMILES string of the molecule is CCCn1nc(C)c(NC(=O)C2CCOC2)c1C. The van der Waals surface area contributed by atoms with E-state index >= 15 is 0 Å². The molecule has 0 spiro atoms. The quantitative estimate of drug-likeness (QED) is 0.889. The van der Waals surface area contributed by atoms with E-state index in [4.69, 9.17) is 4.74 Å². The van der Waals surface area contributed by atoms with E-state index in [2.05, 4.69) is 17.3 Å². The molecule has 0 aliphatic carbocycles. The van der Waals surface area contributed by atoms with Gasteiger partial charge in [-0.1, -0.05) is 6.92 Å². The molecule has 1 aliphatic heterocycles. The van der Waals surface area contributed by atoms with E-state index < -0.39 is 0 Å². The van der Waals surface area contributed by atoms with Crippen LogP contribution in [0.1, 0.15) is 31.2 Å². The highest BCUT2D eigenvalue weighted by atomic mass is 16.5. The van der Waals surface area contributed by atoms with Gasteiger partial charge in [-0.2, -0.15) is 5.10 Å². The van der Waals surface area contributed by atoms with Crippen LogP contribution in [-0.4, -0.2) is 28.9 Å². The molecule has 1 unspecified atom stereocenters. The van der Waals surface area contributed by atoms with E-state index in [9.17, 15) is 4.79 Å². The normalized spacial score (nSPS) is 19.2. The predicted molar refractivity (Wildman–Crippen MR) is 69.5 cm³/mol. The van der Waals surface area contributed by atoms with Gasteiger partial charge in [0.15, 0.2) is 0 Å². The molecule has 1 aromatic rings. The van der Waals surface area contributed by atoms with Gasteiger partial charge in [-0.05, 0) is 26.7 Å². The van der Waals surface area contributed by atoms with Gasteiger partial charge in [0, 0.05) is 13.2 Å². The number of nitrogens with zero attached hydrogens (tertiary/aromatic N) is 2. The molecule has 1 atom stereocenters. The first-order valence-corrected chi connectivity index (χ1v) is 6.56. The number of anilines is 1. The van der Waals surface area contributed by atoms with Crippen molar-refractivity contribution in [2.24, 2.45) is 5.92 Å². The number of nitrogens with one attached hydrogen (secondary N) is 1. The molecule has 1 amide bonds. The van der Waals surface area contributed by atoms with E-state index in [0.717, 1.165) is 36.5 Å². The van der Waals surface area contributed by atoms with Crippen molar-refractivity contribution in [3.63, 3.8) is 0 Å². The Bertz CT molecular complexity index is 434. The molecule has 2 rings (SSSR count). The molecule has 0 radical (unpaired) electrons. The summed E-state index contributed by atoms with van der Waals surface area (Å²) in [7, 11) is 0. The fourth-order valence-corrected chi connectivity index (χ4v) is 2.27. The van der Waals surface area contributed by atoms with Crippen molar-refractivity contribution < 1.29 is 9.53 Å². The average molecular weight is 251 g/mol. The minimum Gasteiger partial charge on any atom is -0.381 e. The molecule has 0 bridgehead atoms. The van der Waals surface area contributed by atoms with Crippen LogP contribution in [0.5, 0.6) is 0 Å². The molecule has 1 aliphatic rings. The Morgan fingerprint density at radius 1 is 1.56 bits per heavy atom. The average Bonchev–Trinajstić information content (AvgIpc) is 2.94. The largest absolute Gasteiger partial charge is 0.381 e. The summed E-state index contributed by atoms with van der Waals surface area (Å²) in [6.45, 7) is 8.15. The minimum absolute atomic E-state index is 0.0154. The lowest BCUT2D eigenvalue weighted by molar-refractivity contribution is -0.119. The Balaban J connectivity index is 2.10. The lowest BCUT2D eigenvalue weighted by Gasteiger charge is -2.09. The maximum atomic E-state index is 12.1. The molecule has 0 aromatic carbocycles. The summed E-state index contributed by atoms with van der Waals surface area (Å²) in [5.74, 6) is 0.0353. The Hall–Kier alpha value is -1.36. The number of aryl methyl sites for hydroxylation is 2. The molecule has 1 aromatic heterocycles. The number of carbonyl (C=O) groups is 1. The number of hydrogen-bond donors (Lipinski definition) is 1. The molecular weight excluding hydrogens is 230 g/mol. The lowest BCUT2D eigenvalue weighted by Crippen LogP contribution is -2.23. The second kappa shape index (κ2) is 5.52. The fourth-order valence-electron chi connectivity index (χ4n) is 2.27. The van der Waals surface area contributed by atoms with Crippen LogP contribution in [0.4, 0.5) is 5.69 Å². The highest BCUT2D eigenvalue weighted by Crippen LogP contribution is 2.22. The summed E-state index contributed by atoms with van der Waals surface area (Å²) in [4.78, 5) is 12.1. The molecule has 5 nitrogen and oxygen atoms in total. The van der Waals surface area contributed by atoms with Gasteiger partial charge in [0.1, 0.15) is 0 Å². The standard InChI is InChI=1S/C13H21N3O2/c1-4-6-16-10(3)12(9(2)15-16)14-13(17)11-5-7-18-8-11/h11H,4-8H2,1-3H3,(H,14,17). The zero-order valence-corrected chi connectivity index (χ0v) is 11.3. The van der Waals surface area contributed by atoms with E-state index in [1.165, 1.54) is 0 Å². The van der Waals surface area contributed by atoms with Gasteiger partial charge in [-0.25, -0.2) is 0 Å². The summed E-state index contributed by atoms with van der Waals surface area (Å²) in [6.07, 6.45) is 1.85. The Kier molecular flexibility index (Phi) is 4.01. The van der Waals surface area contributed by atoms with Crippen molar-refractivity contribution in [1.82, 2.24) is 9.78 Å². The summed E-state index contributed by atoms with van der Waals surface area (Å²) in [6, 6.07) is 0. The molecule has 0 saturated carbocycles. The first-order chi connectivity index (χ1) is 8.63. The van der Waals surface area contributed by atoms with Crippen LogP contribution in [-0.2, 0) is 16.1 Å². The van der Waals surface area contributed by atoms with Gasteiger partial charge in [-0.3, -0.25) is 9.48 Å². The molecule has 5 heteroatoms. The fraction of sp³-hybridized carbons (Fsp3) is 0.692. The third-order valence-corrected chi connectivity index (χ3v) is 3.37. The van der Waals surface area contributed by atoms with Crippen molar-refractivity contribution >= 4 is 11.6 Å². The second-order valence-corrected chi connectivity index (χ2v) is 4.82. The Morgan fingerprint density at radius 2 is 2.33 bits per heavy atom. The molecular formula is C13H21N3O2. The smallest absolute Gasteiger partial charge is 0.230 e. The van der Waals surface area contributed by atoms with Crippen LogP contribution < -0.4 is 5.32 Å². The van der Waals surface area contributed by atoms with Crippen LogP contribution in [0.15, 0.2) is 0 Å². The monoisotopic (exact) mass is 251 g/mol. The number of hydrogen-bond acceptors (Lipinski definition) is 3. The zero-order chi connectivity index (χ0) is 13.1. The van der Waals surface area contributed by atoms with E-state index in [-0.39, 0.29) is 11.8 Å². The molecule has 100 valence electrons. The van der Waals surface area contributed by atoms with Gasteiger partial charge >= 0.3 is 0 Å². The number of rotatable bonds is 4. The maximum absolute atomic E-state index is 12.1. The minimum atomic E-state index is -0.0154. The number of aromatic nitrogens is 2. The summed E-state index contributed by atoms with van der Waals surface area (Å²) < 4.78 is 7.19. The first kappa shape index (κ1) is 13.1. The van der Waals surface area contributed by atoms with Crippen molar-refractivity contribution in [3.05, 3.63) is 11.4 Å². The topological polar surface area (TPSA) is 56.2 Å². The zero-order valence-electron chi connectivity index (χ0n) is 11.3. The van der Waals surface area contributed by atoms with E-state index in [0.29, 0.717) is 13.2 Å². The summed E-state index contributed by atoms with van der Waals surface area (Å²) in [5, 5.41) is 7.45. The van der Waals surface area contributed by atoms with Crippen LogP contribution in [0, 0.1) is 19.8 Å². The van der Waals surface area contributed by atoms with Crippen molar-refractivity contribution in [2.75, 3.05) is 18.5 Å². The number of carbonyl (C=O) groups excluding carboxylic acids is 1. The van der Waals surface area contributed by atoms with Crippen LogP contribution >= 0.6 is 0 Å². The predicted octanol–water partition coefficient (Wildman–Crippen LogP) is 1.88. The van der Waals surface area contributed by atoms with Gasteiger partial charge in [0.25, 0.3) is 0 Å². The highest BCUT2D eigenvalue weighted by molar-refractivity contribution is 5.93. The van der Waals surface area contributed by atoms with Crippen molar-refractivity contribution in [2.45, 2.75) is 40.2 Å². The molecule has 1 saturated heterocycles. The summed E-state index contributed by atoms with van der Waals surface area (Å²) >= 11 is 0. The third-order valence-electron chi connectivity index (χ3n) is 3.37. The summed E-state index contributed by atoms with van der Waals surface area (Å²) in [5.41, 5.74) is 2.77. The number of ether oxygens (including phenoxy) is 1. The van der Waals surface area contributed by atoms with Crippen molar-refractivity contribution in [3.8, 4) is 0 Å². The molecule has 2 heterocycles. The molecule has 18 heavy (non-hydrogen) atoms. The van der Waals surface area contributed by atoms with Crippen LogP contribution in [0.25, 0.3) is 0 Å². The van der Waals surface area contributed by atoms with Crippen LogP contribution in [0.3, 0.4) is 0 Å². The molecule has 1 fully saturated rings. The second-order valence-electron chi connectivity index (χ2n) is 4.82. The van der Waals surface area contributed by atoms with Gasteiger partial charge < -0.3 is 10.1 Å². The van der Waals surface area contributed by atoms with Crippen molar-refractivity contribution in [1.29, 1.82) is 0 Å². The highest BCUT2D eigenvalue weighted by Gasteiger charge is 2.25. The number of amides is 1. The Labute approximate surface area is 108 Å². The third kappa shape index (κ3) is 2.56. The van der Waals surface area contributed by atoms with E-state index in [1.54, 1.807) is 0 Å². The first-order valence-electron chi connectivity index (χ1n) is 6.56. The lowest BCUT2D eigenvalue weighted by atomic mass is 10.1. The van der Waals surface area contributed by atoms with Gasteiger partial charge in [-0.15, -0.1) is 0 Å². The Morgan fingerprint density at radius 3 is 2.94 bits per heavy atom. The van der Waals surface area contributed by atoms with E-state index in [1.807, 2.05) is 18.5 Å². The van der Waals surface area contributed by atoms with Gasteiger partial charge in [0.05, 0.1) is 29.6 Å². The molecule has 1 N–H and O–H groups in total. The van der Waals surface area contributed by atoms with Crippen LogP contribution in [0.2, 0.25) is 0 Å². The van der Waals surface area contributed by atoms with Gasteiger partial charge in [0.2, 0.25) is 5.91 Å².